The predicted octanol–water partition coefficient (Wildman–Crippen LogP) is 4.74. The van der Waals surface area contributed by atoms with Gasteiger partial charge in [-0.05, 0) is 48.9 Å². The number of ketones is 1. The zero-order chi connectivity index (χ0) is 20.3. The molecule has 1 amide bonds. The van der Waals surface area contributed by atoms with E-state index in [1.54, 1.807) is 50.2 Å². The standard InChI is InChI=1S/C21H18FNO4S/c1-3-18(25)23-14-9-7-13(8-10-14)16(24)11-27-21(26)20-12(2)19-15(22)5-4-6-17(19)28-20/h4-10H,3,11H2,1-2H3,(H,23,25). The largest absolute Gasteiger partial charge is 0.453 e. The molecule has 3 rings (SSSR count). The van der Waals surface area contributed by atoms with E-state index in [4.69, 9.17) is 4.74 Å². The van der Waals surface area contributed by atoms with Crippen LogP contribution >= 0.6 is 11.3 Å². The summed E-state index contributed by atoms with van der Waals surface area (Å²) in [4.78, 5) is 36.3. The van der Waals surface area contributed by atoms with Crippen molar-refractivity contribution in [3.63, 3.8) is 0 Å². The fourth-order valence-corrected chi connectivity index (χ4v) is 3.83. The molecule has 0 aliphatic rings. The van der Waals surface area contributed by atoms with E-state index in [1.807, 2.05) is 0 Å². The first-order valence-electron chi connectivity index (χ1n) is 8.68. The van der Waals surface area contributed by atoms with E-state index in [0.717, 1.165) is 11.3 Å². The van der Waals surface area contributed by atoms with Gasteiger partial charge >= 0.3 is 5.97 Å². The lowest BCUT2D eigenvalue weighted by molar-refractivity contribution is -0.115. The van der Waals surface area contributed by atoms with Crippen LogP contribution in [0.25, 0.3) is 10.1 Å². The molecule has 2 aromatic carbocycles. The minimum absolute atomic E-state index is 0.122. The van der Waals surface area contributed by atoms with Gasteiger partial charge in [-0.25, -0.2) is 9.18 Å². The smallest absolute Gasteiger partial charge is 0.349 e. The molecule has 28 heavy (non-hydrogen) atoms. The van der Waals surface area contributed by atoms with Crippen molar-refractivity contribution in [1.29, 1.82) is 0 Å². The number of hydrogen-bond donors (Lipinski definition) is 1. The second kappa shape index (κ2) is 8.31. The molecule has 0 saturated carbocycles. The number of benzene rings is 2. The van der Waals surface area contributed by atoms with Crippen LogP contribution in [-0.2, 0) is 9.53 Å². The van der Waals surface area contributed by atoms with E-state index in [0.29, 0.717) is 33.3 Å². The highest BCUT2D eigenvalue weighted by molar-refractivity contribution is 7.21. The molecule has 7 heteroatoms. The number of carbonyl (C=O) groups is 3. The molecule has 0 spiro atoms. The molecule has 0 fully saturated rings. The van der Waals surface area contributed by atoms with Gasteiger partial charge in [0.05, 0.1) is 0 Å². The summed E-state index contributed by atoms with van der Waals surface area (Å²) in [7, 11) is 0. The lowest BCUT2D eigenvalue weighted by atomic mass is 10.1. The van der Waals surface area contributed by atoms with Gasteiger partial charge in [0.2, 0.25) is 5.91 Å². The zero-order valence-electron chi connectivity index (χ0n) is 15.4. The number of thiophene rings is 1. The number of ether oxygens (including phenoxy) is 1. The van der Waals surface area contributed by atoms with Gasteiger partial charge in [0.15, 0.2) is 12.4 Å². The van der Waals surface area contributed by atoms with E-state index in [2.05, 4.69) is 5.32 Å². The van der Waals surface area contributed by atoms with Gasteiger partial charge in [-0.2, -0.15) is 0 Å². The summed E-state index contributed by atoms with van der Waals surface area (Å²) in [5, 5.41) is 3.09. The molecule has 1 N–H and O–H groups in total. The molecule has 5 nitrogen and oxygen atoms in total. The van der Waals surface area contributed by atoms with Gasteiger partial charge in [-0.3, -0.25) is 9.59 Å². The van der Waals surface area contributed by atoms with E-state index in [9.17, 15) is 18.8 Å². The van der Waals surface area contributed by atoms with Crippen LogP contribution in [-0.4, -0.2) is 24.3 Å². The maximum absolute atomic E-state index is 14.0. The molecule has 0 radical (unpaired) electrons. The van der Waals surface area contributed by atoms with Gasteiger partial charge in [0, 0.05) is 27.8 Å². The fourth-order valence-electron chi connectivity index (χ4n) is 2.72. The zero-order valence-corrected chi connectivity index (χ0v) is 16.2. The Morgan fingerprint density at radius 3 is 2.46 bits per heavy atom. The van der Waals surface area contributed by atoms with Crippen LogP contribution in [0.4, 0.5) is 10.1 Å². The SMILES string of the molecule is CCC(=O)Nc1ccc(C(=O)COC(=O)c2sc3cccc(F)c3c2C)cc1. The number of Topliss-reactive ketones (excluding diaryl/α,β-unsaturated/α-hetero) is 1. The van der Waals surface area contributed by atoms with Gasteiger partial charge in [0.25, 0.3) is 0 Å². The minimum Gasteiger partial charge on any atom is -0.453 e. The third-order valence-corrected chi connectivity index (χ3v) is 5.47. The fraction of sp³-hybridized carbons (Fsp3) is 0.190. The van der Waals surface area contributed by atoms with Crippen LogP contribution in [0, 0.1) is 12.7 Å². The van der Waals surface area contributed by atoms with Crippen LogP contribution in [0.3, 0.4) is 0 Å². The lowest BCUT2D eigenvalue weighted by Crippen LogP contribution is -2.14. The number of esters is 1. The van der Waals surface area contributed by atoms with Crippen molar-refractivity contribution in [2.45, 2.75) is 20.3 Å². The van der Waals surface area contributed by atoms with Gasteiger partial charge in [-0.1, -0.05) is 13.0 Å². The van der Waals surface area contributed by atoms with Crippen molar-refractivity contribution in [3.05, 3.63) is 64.3 Å². The molecular weight excluding hydrogens is 381 g/mol. The third kappa shape index (κ3) is 4.09. The highest BCUT2D eigenvalue weighted by Crippen LogP contribution is 2.33. The Labute approximate surface area is 165 Å². The molecule has 1 aromatic heterocycles. The summed E-state index contributed by atoms with van der Waals surface area (Å²) in [6.45, 7) is 2.98. The maximum atomic E-state index is 14.0. The molecule has 0 unspecified atom stereocenters. The molecule has 1 heterocycles. The van der Waals surface area contributed by atoms with Crippen LogP contribution in [0.1, 0.15) is 38.9 Å². The van der Waals surface area contributed by atoms with Gasteiger partial charge in [0.1, 0.15) is 10.7 Å². The summed E-state index contributed by atoms with van der Waals surface area (Å²) in [6, 6.07) is 11.0. The molecule has 0 aliphatic carbocycles. The van der Waals surface area contributed by atoms with Crippen molar-refractivity contribution >= 4 is 44.8 Å². The predicted molar refractivity (Wildman–Crippen MR) is 106 cm³/mol. The van der Waals surface area contributed by atoms with Crippen LogP contribution in [0.2, 0.25) is 0 Å². The average Bonchev–Trinajstić information content (AvgIpc) is 3.04. The lowest BCUT2D eigenvalue weighted by Gasteiger charge is -2.06. The topological polar surface area (TPSA) is 72.5 Å². The Morgan fingerprint density at radius 2 is 1.82 bits per heavy atom. The third-order valence-electron chi connectivity index (χ3n) is 4.23. The first kappa shape index (κ1) is 19.7. The number of halogens is 1. The number of hydrogen-bond acceptors (Lipinski definition) is 5. The van der Waals surface area contributed by atoms with Crippen molar-refractivity contribution in [2.24, 2.45) is 0 Å². The number of fused-ring (bicyclic) bond motifs is 1. The second-order valence-electron chi connectivity index (χ2n) is 6.15. The molecule has 144 valence electrons. The Bertz CT molecular complexity index is 1060. The van der Waals surface area contributed by atoms with Crippen molar-refractivity contribution in [1.82, 2.24) is 0 Å². The molecular formula is C21H18FNO4S. The molecule has 0 aliphatic heterocycles. The number of amides is 1. The van der Waals surface area contributed by atoms with E-state index in [-0.39, 0.29) is 16.6 Å². The molecule has 0 saturated heterocycles. The first-order valence-corrected chi connectivity index (χ1v) is 9.50. The Balaban J connectivity index is 1.66. The maximum Gasteiger partial charge on any atom is 0.349 e. The molecule has 3 aromatic rings. The van der Waals surface area contributed by atoms with Crippen molar-refractivity contribution in [2.75, 3.05) is 11.9 Å². The summed E-state index contributed by atoms with van der Waals surface area (Å²) < 4.78 is 19.8. The molecule has 0 bridgehead atoms. The first-order chi connectivity index (χ1) is 13.4. The summed E-state index contributed by atoms with van der Waals surface area (Å²) in [6.07, 6.45) is 0.359. The van der Waals surface area contributed by atoms with Crippen LogP contribution in [0.15, 0.2) is 42.5 Å². The Kier molecular flexibility index (Phi) is 5.84. The molecule has 0 atom stereocenters. The average molecular weight is 399 g/mol. The second-order valence-corrected chi connectivity index (χ2v) is 7.20. The number of rotatable bonds is 6. The van der Waals surface area contributed by atoms with Crippen molar-refractivity contribution < 1.29 is 23.5 Å². The normalized spacial score (nSPS) is 10.7. The Hall–Kier alpha value is -3.06. The van der Waals surface area contributed by atoms with Gasteiger partial charge < -0.3 is 10.1 Å². The summed E-state index contributed by atoms with van der Waals surface area (Å²) in [5.74, 6) is -1.54. The van der Waals surface area contributed by atoms with E-state index >= 15 is 0 Å². The highest BCUT2D eigenvalue weighted by Gasteiger charge is 2.20. The van der Waals surface area contributed by atoms with Gasteiger partial charge in [-0.15, -0.1) is 11.3 Å². The van der Waals surface area contributed by atoms with Crippen LogP contribution in [0.5, 0.6) is 0 Å². The van der Waals surface area contributed by atoms with Crippen molar-refractivity contribution in [3.8, 4) is 0 Å². The van der Waals surface area contributed by atoms with E-state index < -0.39 is 18.4 Å². The highest BCUT2D eigenvalue weighted by atomic mass is 32.1. The number of carbonyl (C=O) groups excluding carboxylic acids is 3. The summed E-state index contributed by atoms with van der Waals surface area (Å²) >= 11 is 1.14. The van der Waals surface area contributed by atoms with Crippen LogP contribution < -0.4 is 5.32 Å². The Morgan fingerprint density at radius 1 is 1.11 bits per heavy atom. The minimum atomic E-state index is -0.654. The number of nitrogens with one attached hydrogen (secondary N) is 1. The quantitative estimate of drug-likeness (QED) is 0.480. The summed E-state index contributed by atoms with van der Waals surface area (Å²) in [5.41, 5.74) is 1.45. The number of anilines is 1. The monoisotopic (exact) mass is 399 g/mol. The van der Waals surface area contributed by atoms with E-state index in [1.165, 1.54) is 6.07 Å². The number of aryl methyl sites for hydroxylation is 1.